The van der Waals surface area contributed by atoms with E-state index >= 15 is 0 Å². The lowest BCUT2D eigenvalue weighted by molar-refractivity contribution is 0.0526. The number of fused-ring (bicyclic) bond motifs is 2. The largest absolute Gasteiger partial charge is 0.457 e. The molecule has 2 N–H and O–H groups in total. The van der Waals surface area contributed by atoms with Crippen LogP contribution < -0.4 is 5.32 Å². The number of aliphatic hydroxyl groups is 1. The number of carbonyl (C=O) groups excluding carboxylic acids is 3. The van der Waals surface area contributed by atoms with Gasteiger partial charge in [0.2, 0.25) is 0 Å². The number of hydrogen-bond donors (Lipinski definition) is 2. The van der Waals surface area contributed by atoms with Crippen LogP contribution in [-0.4, -0.2) is 53.5 Å². The van der Waals surface area contributed by atoms with Crippen molar-refractivity contribution >= 4 is 17.8 Å². The highest BCUT2D eigenvalue weighted by molar-refractivity contribution is 5.98. The fourth-order valence-corrected chi connectivity index (χ4v) is 4.87. The third kappa shape index (κ3) is 4.12. The molecule has 3 heterocycles. The first-order chi connectivity index (χ1) is 15.9. The molecule has 1 amide bonds. The van der Waals surface area contributed by atoms with Crippen molar-refractivity contribution in [1.82, 2.24) is 10.2 Å². The molecule has 1 atom stereocenters. The molecule has 8 nitrogen and oxygen atoms in total. The Morgan fingerprint density at radius 3 is 2.58 bits per heavy atom. The van der Waals surface area contributed by atoms with Gasteiger partial charge in [-0.25, -0.2) is 9.59 Å². The van der Waals surface area contributed by atoms with Gasteiger partial charge in [0.1, 0.15) is 13.2 Å². The summed E-state index contributed by atoms with van der Waals surface area (Å²) >= 11 is 0. The summed E-state index contributed by atoms with van der Waals surface area (Å²) in [5.41, 5.74) is 4.98. The molecule has 0 aliphatic carbocycles. The quantitative estimate of drug-likeness (QED) is 0.673. The zero-order chi connectivity index (χ0) is 23.1. The van der Waals surface area contributed by atoms with Crippen LogP contribution in [0.2, 0.25) is 0 Å². The Labute approximate surface area is 191 Å². The Balaban J connectivity index is 1.15. The smallest absolute Gasteiger partial charge is 0.338 e. The summed E-state index contributed by atoms with van der Waals surface area (Å²) in [6, 6.07) is 8.63. The first-order valence-electron chi connectivity index (χ1n) is 11.2. The molecule has 3 aliphatic rings. The average Bonchev–Trinajstić information content (AvgIpc) is 3.38. The monoisotopic (exact) mass is 450 g/mol. The summed E-state index contributed by atoms with van der Waals surface area (Å²) < 4.78 is 10.1. The van der Waals surface area contributed by atoms with Gasteiger partial charge in [0.05, 0.1) is 17.2 Å². The van der Waals surface area contributed by atoms with Crippen LogP contribution in [0.15, 0.2) is 30.3 Å². The molecule has 8 heteroatoms. The van der Waals surface area contributed by atoms with Crippen molar-refractivity contribution < 1.29 is 29.0 Å². The minimum absolute atomic E-state index is 0.0573. The molecule has 1 unspecified atom stereocenters. The number of nitrogens with zero attached hydrogens (tertiary/aromatic N) is 1. The van der Waals surface area contributed by atoms with Crippen LogP contribution in [0.5, 0.6) is 0 Å². The van der Waals surface area contributed by atoms with Gasteiger partial charge in [-0.3, -0.25) is 4.79 Å². The van der Waals surface area contributed by atoms with Gasteiger partial charge in [-0.1, -0.05) is 6.07 Å². The lowest BCUT2D eigenvalue weighted by Crippen LogP contribution is -2.45. The normalized spacial score (nSPS) is 19.0. The van der Waals surface area contributed by atoms with E-state index in [4.69, 9.17) is 9.47 Å². The van der Waals surface area contributed by atoms with Crippen LogP contribution >= 0.6 is 0 Å². The lowest BCUT2D eigenvalue weighted by Gasteiger charge is -2.33. The van der Waals surface area contributed by atoms with Crippen LogP contribution in [-0.2, 0) is 22.7 Å². The summed E-state index contributed by atoms with van der Waals surface area (Å²) in [7, 11) is 0. The fraction of sp³-hybridized carbons (Fsp3) is 0.400. The number of nitrogens with one attached hydrogen (secondary N) is 1. The summed E-state index contributed by atoms with van der Waals surface area (Å²) in [6.45, 7) is 4.42. The molecular formula is C25H26N2O6. The molecule has 0 saturated carbocycles. The number of esters is 2. The predicted octanol–water partition coefficient (Wildman–Crippen LogP) is 2.26. The number of likely N-dealkylation sites (tertiary alicyclic amines) is 1. The first-order valence-corrected chi connectivity index (χ1v) is 11.2. The van der Waals surface area contributed by atoms with Gasteiger partial charge in [0.25, 0.3) is 5.91 Å². The maximum Gasteiger partial charge on any atom is 0.338 e. The van der Waals surface area contributed by atoms with Gasteiger partial charge < -0.3 is 24.8 Å². The second-order valence-electron chi connectivity index (χ2n) is 8.89. The topological polar surface area (TPSA) is 105 Å². The minimum atomic E-state index is -0.659. The summed E-state index contributed by atoms with van der Waals surface area (Å²) in [6.07, 6.45) is 0.918. The fourth-order valence-electron chi connectivity index (χ4n) is 4.87. The van der Waals surface area contributed by atoms with Crippen molar-refractivity contribution in [2.24, 2.45) is 0 Å². The van der Waals surface area contributed by atoms with E-state index in [0.717, 1.165) is 48.2 Å². The summed E-state index contributed by atoms with van der Waals surface area (Å²) in [5.74, 6) is -0.801. The number of ether oxygens (including phenoxy) is 2. The molecule has 33 heavy (non-hydrogen) atoms. The predicted molar refractivity (Wildman–Crippen MR) is 118 cm³/mol. The van der Waals surface area contributed by atoms with Gasteiger partial charge >= 0.3 is 11.9 Å². The number of amides is 1. The maximum atomic E-state index is 12.7. The Morgan fingerprint density at radius 1 is 1.09 bits per heavy atom. The van der Waals surface area contributed by atoms with Crippen molar-refractivity contribution in [3.63, 3.8) is 0 Å². The van der Waals surface area contributed by atoms with Gasteiger partial charge in [-0.2, -0.15) is 0 Å². The SMILES string of the molecule is Cc1c(C(O)CN2CCC(NC(=O)c3ccc4c(c3)COC4=O)CC2)ccc2c1COC2=O. The summed E-state index contributed by atoms with van der Waals surface area (Å²) in [5, 5.41) is 13.9. The first kappa shape index (κ1) is 21.6. The number of carbonyl (C=O) groups is 3. The molecule has 0 radical (unpaired) electrons. The zero-order valence-corrected chi connectivity index (χ0v) is 18.4. The van der Waals surface area contributed by atoms with E-state index in [1.165, 1.54) is 0 Å². The average molecular weight is 450 g/mol. The standard InChI is InChI=1S/C25H26N2O6/c1-14-18(4-5-20-21(14)13-33-25(20)31)22(28)11-27-8-6-17(7-9-27)26-23(29)15-2-3-19-16(10-15)12-32-24(19)30/h2-5,10,17,22,28H,6-9,11-13H2,1H3,(H,26,29). The highest BCUT2D eigenvalue weighted by atomic mass is 16.5. The van der Waals surface area contributed by atoms with E-state index < -0.39 is 6.10 Å². The van der Waals surface area contributed by atoms with E-state index in [9.17, 15) is 19.5 Å². The van der Waals surface area contributed by atoms with Gasteiger partial charge in [0, 0.05) is 42.4 Å². The Morgan fingerprint density at radius 2 is 1.79 bits per heavy atom. The number of cyclic esters (lactones) is 2. The number of β-amino-alcohol motifs (C(OH)–C–C–N with tert-alkyl or cyclic N) is 1. The Hall–Kier alpha value is -3.23. The molecule has 172 valence electrons. The molecular weight excluding hydrogens is 424 g/mol. The molecule has 1 fully saturated rings. The molecule has 2 aromatic rings. The van der Waals surface area contributed by atoms with Gasteiger partial charge in [-0.05, 0) is 55.2 Å². The molecule has 2 aromatic carbocycles. The highest BCUT2D eigenvalue weighted by Crippen LogP contribution is 2.30. The number of rotatable bonds is 5. The lowest BCUT2D eigenvalue weighted by atomic mass is 9.94. The van der Waals surface area contributed by atoms with E-state index in [2.05, 4.69) is 10.2 Å². The van der Waals surface area contributed by atoms with Crippen molar-refractivity contribution in [1.29, 1.82) is 0 Å². The second kappa shape index (κ2) is 8.61. The molecule has 5 rings (SSSR count). The number of benzene rings is 2. The molecule has 0 spiro atoms. The minimum Gasteiger partial charge on any atom is -0.457 e. The van der Waals surface area contributed by atoms with E-state index in [1.807, 2.05) is 13.0 Å². The van der Waals surface area contributed by atoms with Gasteiger partial charge in [-0.15, -0.1) is 0 Å². The highest BCUT2D eigenvalue weighted by Gasteiger charge is 2.28. The molecule has 0 bridgehead atoms. The van der Waals surface area contributed by atoms with Crippen LogP contribution in [0.1, 0.15) is 72.3 Å². The summed E-state index contributed by atoms with van der Waals surface area (Å²) in [4.78, 5) is 38.2. The Kier molecular flexibility index (Phi) is 5.64. The second-order valence-corrected chi connectivity index (χ2v) is 8.89. The van der Waals surface area contributed by atoms with E-state index in [0.29, 0.717) is 23.2 Å². The van der Waals surface area contributed by atoms with Crippen molar-refractivity contribution in [2.45, 2.75) is 45.1 Å². The Bertz CT molecular complexity index is 1140. The molecule has 1 saturated heterocycles. The molecule has 0 aromatic heterocycles. The van der Waals surface area contributed by atoms with Crippen LogP contribution in [0.4, 0.5) is 0 Å². The number of aliphatic hydroxyl groups excluding tert-OH is 1. The number of hydrogen-bond acceptors (Lipinski definition) is 7. The molecule has 3 aliphatic heterocycles. The zero-order valence-electron chi connectivity index (χ0n) is 18.4. The third-order valence-corrected chi connectivity index (χ3v) is 6.87. The van der Waals surface area contributed by atoms with Gasteiger partial charge in [0.15, 0.2) is 0 Å². The number of piperidine rings is 1. The third-order valence-electron chi connectivity index (χ3n) is 6.87. The van der Waals surface area contributed by atoms with Crippen LogP contribution in [0, 0.1) is 6.92 Å². The van der Waals surface area contributed by atoms with Crippen LogP contribution in [0.3, 0.4) is 0 Å². The van der Waals surface area contributed by atoms with E-state index in [-0.39, 0.29) is 37.1 Å². The van der Waals surface area contributed by atoms with Crippen molar-refractivity contribution in [2.75, 3.05) is 19.6 Å². The van der Waals surface area contributed by atoms with Crippen molar-refractivity contribution in [3.05, 3.63) is 69.3 Å². The van der Waals surface area contributed by atoms with E-state index in [1.54, 1.807) is 24.3 Å². The van der Waals surface area contributed by atoms with Crippen molar-refractivity contribution in [3.8, 4) is 0 Å². The maximum absolute atomic E-state index is 12.7. The van der Waals surface area contributed by atoms with Crippen LogP contribution in [0.25, 0.3) is 0 Å².